The summed E-state index contributed by atoms with van der Waals surface area (Å²) in [5.74, 6) is 0.584. The molecule has 5 N–H and O–H groups in total. The van der Waals surface area contributed by atoms with Gasteiger partial charge in [-0.25, -0.2) is 0 Å². The van der Waals surface area contributed by atoms with E-state index in [1.807, 2.05) is 0 Å². The quantitative estimate of drug-likeness (QED) is 0.553. The predicted octanol–water partition coefficient (Wildman–Crippen LogP) is 1.26. The van der Waals surface area contributed by atoms with E-state index in [2.05, 4.69) is 11.6 Å². The molecule has 0 saturated carbocycles. The summed E-state index contributed by atoms with van der Waals surface area (Å²) in [6, 6.07) is 5.29. The summed E-state index contributed by atoms with van der Waals surface area (Å²) in [4.78, 5) is 4.13. The average Bonchev–Trinajstić information content (AvgIpc) is 2.71. The van der Waals surface area contributed by atoms with Crippen LogP contribution in [0.4, 0.5) is 11.4 Å². The lowest BCUT2D eigenvalue weighted by Gasteiger charge is -2.14. The molecule has 2 rings (SSSR count). The van der Waals surface area contributed by atoms with Crippen molar-refractivity contribution in [3.63, 3.8) is 0 Å². The molecular formula is C13H17N3O2. The van der Waals surface area contributed by atoms with E-state index in [1.165, 1.54) is 0 Å². The van der Waals surface area contributed by atoms with Crippen LogP contribution in [0.25, 0.3) is 0 Å². The normalized spacial score (nSPS) is 21.3. The van der Waals surface area contributed by atoms with Crippen LogP contribution in [0.15, 0.2) is 35.3 Å². The second-order valence-electron chi connectivity index (χ2n) is 4.22. The minimum atomic E-state index is -0.300. The van der Waals surface area contributed by atoms with Crippen molar-refractivity contribution in [2.45, 2.75) is 12.5 Å². The fraction of sp³-hybridized carbons (Fsp3) is 0.308. The highest BCUT2D eigenvalue weighted by Gasteiger charge is 2.28. The molecule has 1 saturated heterocycles. The summed E-state index contributed by atoms with van der Waals surface area (Å²) >= 11 is 0. The number of benzene rings is 1. The topological polar surface area (TPSA) is 93.9 Å². The molecule has 1 fully saturated rings. The van der Waals surface area contributed by atoms with Crippen LogP contribution in [0.1, 0.15) is 18.1 Å². The molecule has 0 spiro atoms. The summed E-state index contributed by atoms with van der Waals surface area (Å²) < 4.78 is 5.70. The molecule has 0 aliphatic carbocycles. The van der Waals surface area contributed by atoms with Gasteiger partial charge in [0.1, 0.15) is 6.10 Å². The smallest absolute Gasteiger partial charge is 0.188 e. The minimum absolute atomic E-state index is 0.00439. The molecule has 1 heterocycles. The average molecular weight is 247 g/mol. The van der Waals surface area contributed by atoms with E-state index < -0.39 is 0 Å². The monoisotopic (exact) mass is 247 g/mol. The maximum Gasteiger partial charge on any atom is 0.188 e. The highest BCUT2D eigenvalue weighted by molar-refractivity contribution is 5.82. The molecule has 1 aromatic rings. The number of nitrogen functional groups attached to an aromatic ring is 2. The van der Waals surface area contributed by atoms with E-state index in [9.17, 15) is 0 Å². The Balaban J connectivity index is 2.24. The lowest BCUT2D eigenvalue weighted by atomic mass is 10.0. The van der Waals surface area contributed by atoms with Gasteiger partial charge < -0.3 is 21.3 Å². The molecule has 1 aliphatic heterocycles. The van der Waals surface area contributed by atoms with Crippen LogP contribution in [-0.4, -0.2) is 24.2 Å². The first-order chi connectivity index (χ1) is 8.61. The van der Waals surface area contributed by atoms with Gasteiger partial charge in [0.2, 0.25) is 0 Å². The van der Waals surface area contributed by atoms with E-state index in [0.29, 0.717) is 30.2 Å². The van der Waals surface area contributed by atoms with Crippen molar-refractivity contribution in [1.82, 2.24) is 0 Å². The first kappa shape index (κ1) is 12.4. The number of nitrogens with two attached hydrogens (primary N) is 2. The summed E-state index contributed by atoms with van der Waals surface area (Å²) in [6.07, 6.45) is 0.268. The van der Waals surface area contributed by atoms with E-state index in [-0.39, 0.29) is 12.7 Å². The SMILES string of the molecule is C=C1CC(=NCCO)OC1c1cc(N)ccc1N. The third-order valence-electron chi connectivity index (χ3n) is 2.78. The zero-order chi connectivity index (χ0) is 13.1. The summed E-state index contributed by atoms with van der Waals surface area (Å²) in [5.41, 5.74) is 14.6. The molecule has 0 amide bonds. The van der Waals surface area contributed by atoms with E-state index in [4.69, 9.17) is 21.3 Å². The lowest BCUT2D eigenvalue weighted by Crippen LogP contribution is -2.05. The van der Waals surface area contributed by atoms with Crippen LogP contribution in [0, 0.1) is 0 Å². The largest absolute Gasteiger partial charge is 0.468 e. The Kier molecular flexibility index (Phi) is 3.53. The highest BCUT2D eigenvalue weighted by Crippen LogP contribution is 2.37. The van der Waals surface area contributed by atoms with Crippen molar-refractivity contribution in [3.05, 3.63) is 35.9 Å². The van der Waals surface area contributed by atoms with Gasteiger partial charge in [-0.2, -0.15) is 0 Å². The summed E-state index contributed by atoms with van der Waals surface area (Å²) in [6.45, 7) is 4.32. The van der Waals surface area contributed by atoms with Crippen molar-refractivity contribution >= 4 is 17.3 Å². The fourth-order valence-electron chi connectivity index (χ4n) is 1.92. The van der Waals surface area contributed by atoms with Gasteiger partial charge in [-0.05, 0) is 23.8 Å². The maximum atomic E-state index is 8.73. The standard InChI is InChI=1S/C13H17N3O2/c1-8-6-12(16-4-5-17)18-13(8)10-7-9(14)2-3-11(10)15/h2-3,7,13,17H,1,4-6,14-15H2. The van der Waals surface area contributed by atoms with Crippen LogP contribution in [-0.2, 0) is 4.74 Å². The molecule has 1 aliphatic rings. The number of ether oxygens (including phenoxy) is 1. The highest BCUT2D eigenvalue weighted by atomic mass is 16.5. The lowest BCUT2D eigenvalue weighted by molar-refractivity contribution is 0.252. The van der Waals surface area contributed by atoms with Gasteiger partial charge in [-0.15, -0.1) is 0 Å². The van der Waals surface area contributed by atoms with Crippen molar-refractivity contribution in [2.75, 3.05) is 24.6 Å². The van der Waals surface area contributed by atoms with Crippen LogP contribution in [0.5, 0.6) is 0 Å². The predicted molar refractivity (Wildman–Crippen MR) is 72.2 cm³/mol. The Morgan fingerprint density at radius 3 is 2.94 bits per heavy atom. The van der Waals surface area contributed by atoms with Crippen LogP contribution in [0.3, 0.4) is 0 Å². The van der Waals surface area contributed by atoms with Crippen molar-refractivity contribution in [2.24, 2.45) is 4.99 Å². The molecule has 18 heavy (non-hydrogen) atoms. The van der Waals surface area contributed by atoms with Gasteiger partial charge in [0.25, 0.3) is 0 Å². The number of aliphatic hydroxyl groups is 1. The van der Waals surface area contributed by atoms with E-state index >= 15 is 0 Å². The first-order valence-corrected chi connectivity index (χ1v) is 5.75. The number of rotatable bonds is 3. The molecule has 1 atom stereocenters. The van der Waals surface area contributed by atoms with Crippen molar-refractivity contribution in [1.29, 1.82) is 0 Å². The van der Waals surface area contributed by atoms with Crippen molar-refractivity contribution < 1.29 is 9.84 Å². The zero-order valence-electron chi connectivity index (χ0n) is 10.1. The van der Waals surface area contributed by atoms with Gasteiger partial charge in [-0.1, -0.05) is 6.58 Å². The second-order valence-corrected chi connectivity index (χ2v) is 4.22. The van der Waals surface area contributed by atoms with E-state index in [1.54, 1.807) is 18.2 Å². The number of hydrogen-bond acceptors (Lipinski definition) is 5. The molecule has 5 heteroatoms. The number of aliphatic hydroxyl groups excluding tert-OH is 1. The zero-order valence-corrected chi connectivity index (χ0v) is 10.1. The Hall–Kier alpha value is -2.01. The molecule has 96 valence electrons. The van der Waals surface area contributed by atoms with Gasteiger partial charge in [0, 0.05) is 23.4 Å². The van der Waals surface area contributed by atoms with Gasteiger partial charge in [0.15, 0.2) is 5.90 Å². The number of anilines is 2. The molecule has 1 aromatic carbocycles. The molecule has 5 nitrogen and oxygen atoms in total. The molecule has 1 unspecified atom stereocenters. The third kappa shape index (κ3) is 2.46. The Morgan fingerprint density at radius 2 is 2.22 bits per heavy atom. The van der Waals surface area contributed by atoms with Gasteiger partial charge >= 0.3 is 0 Å². The van der Waals surface area contributed by atoms with Crippen LogP contribution in [0.2, 0.25) is 0 Å². The molecule has 0 aromatic heterocycles. The Morgan fingerprint density at radius 1 is 1.44 bits per heavy atom. The molecule has 0 bridgehead atoms. The summed E-state index contributed by atoms with van der Waals surface area (Å²) in [5, 5.41) is 8.73. The fourth-order valence-corrected chi connectivity index (χ4v) is 1.92. The minimum Gasteiger partial charge on any atom is -0.468 e. The molecular weight excluding hydrogens is 230 g/mol. The molecule has 0 radical (unpaired) electrons. The van der Waals surface area contributed by atoms with Crippen molar-refractivity contribution in [3.8, 4) is 0 Å². The first-order valence-electron chi connectivity index (χ1n) is 5.75. The van der Waals surface area contributed by atoms with Gasteiger partial charge in [0.05, 0.1) is 13.2 Å². The van der Waals surface area contributed by atoms with Crippen LogP contribution < -0.4 is 11.5 Å². The van der Waals surface area contributed by atoms with Crippen LogP contribution >= 0.6 is 0 Å². The number of aliphatic imine (C=N–C) groups is 1. The Bertz CT molecular complexity index is 497. The number of nitrogens with zero attached hydrogens (tertiary/aromatic N) is 1. The van der Waals surface area contributed by atoms with Gasteiger partial charge in [-0.3, -0.25) is 4.99 Å². The second kappa shape index (κ2) is 5.10. The summed E-state index contributed by atoms with van der Waals surface area (Å²) in [7, 11) is 0. The maximum absolute atomic E-state index is 8.73. The van der Waals surface area contributed by atoms with E-state index in [0.717, 1.165) is 11.1 Å². The third-order valence-corrected chi connectivity index (χ3v) is 2.78. The Labute approximate surface area is 106 Å². The number of hydrogen-bond donors (Lipinski definition) is 3.